The van der Waals surface area contributed by atoms with Crippen molar-refractivity contribution in [3.63, 3.8) is 0 Å². The van der Waals surface area contributed by atoms with Crippen LogP contribution in [0.15, 0.2) is 59.0 Å². The maximum atomic E-state index is 12.1. The summed E-state index contributed by atoms with van der Waals surface area (Å²) in [6.07, 6.45) is 1.59. The minimum absolute atomic E-state index is 0.0717. The fraction of sp³-hybridized carbons (Fsp3) is 0.0588. The smallest absolute Gasteiger partial charge is 0.387 e. The van der Waals surface area contributed by atoms with E-state index >= 15 is 0 Å². The molecule has 0 aliphatic carbocycles. The first-order chi connectivity index (χ1) is 11.6. The summed E-state index contributed by atoms with van der Waals surface area (Å²) in [7, 11) is 0. The lowest BCUT2D eigenvalue weighted by Gasteiger charge is -2.03. The van der Waals surface area contributed by atoms with Crippen LogP contribution in [0.2, 0.25) is 0 Å². The van der Waals surface area contributed by atoms with Crippen LogP contribution in [0.1, 0.15) is 11.5 Å². The van der Waals surface area contributed by atoms with E-state index in [-0.39, 0.29) is 16.7 Å². The average molecular weight is 349 g/mol. The van der Waals surface area contributed by atoms with Crippen molar-refractivity contribution >= 4 is 22.7 Å². The lowest BCUT2D eigenvalue weighted by Crippen LogP contribution is -2.01. The summed E-state index contributed by atoms with van der Waals surface area (Å²) in [6, 6.07) is 15.3. The Morgan fingerprint density at radius 2 is 1.75 bits per heavy atom. The molecule has 122 valence electrons. The van der Waals surface area contributed by atoms with Crippen LogP contribution in [0.3, 0.4) is 0 Å². The Morgan fingerprint density at radius 3 is 2.42 bits per heavy atom. The molecule has 0 radical (unpaired) electrons. The van der Waals surface area contributed by atoms with Crippen molar-refractivity contribution in [2.75, 3.05) is 0 Å². The van der Waals surface area contributed by atoms with Gasteiger partial charge in [-0.25, -0.2) is 0 Å². The van der Waals surface area contributed by atoms with Gasteiger partial charge in [0.25, 0.3) is 5.89 Å². The van der Waals surface area contributed by atoms with Gasteiger partial charge in [0.05, 0.1) is 0 Å². The molecule has 7 heteroatoms. The number of benzene rings is 2. The van der Waals surface area contributed by atoms with Gasteiger partial charge < -0.3 is 9.15 Å². The molecule has 0 atom stereocenters. The molecule has 2 aromatic carbocycles. The molecule has 0 saturated heterocycles. The fourth-order valence-corrected chi connectivity index (χ4v) is 2.17. The first kappa shape index (κ1) is 16.1. The molecule has 3 aromatic rings. The Balaban J connectivity index is 1.77. The van der Waals surface area contributed by atoms with E-state index in [0.717, 1.165) is 5.56 Å². The van der Waals surface area contributed by atoms with Crippen molar-refractivity contribution < 1.29 is 17.9 Å². The van der Waals surface area contributed by atoms with Crippen molar-refractivity contribution in [2.45, 2.75) is 6.61 Å². The zero-order valence-corrected chi connectivity index (χ0v) is 13.0. The first-order valence-corrected chi connectivity index (χ1v) is 7.31. The van der Waals surface area contributed by atoms with E-state index < -0.39 is 6.61 Å². The molecule has 0 unspecified atom stereocenters. The summed E-state index contributed by atoms with van der Waals surface area (Å²) in [6.45, 7) is -2.86. The SMILES string of the molecule is FC(F)Oc1ccc(/C=C(\Cl)c2nnc(-c3ccccc3)o2)cc1. The lowest BCUT2D eigenvalue weighted by molar-refractivity contribution is -0.0498. The highest BCUT2D eigenvalue weighted by Crippen LogP contribution is 2.25. The van der Waals surface area contributed by atoms with Crippen molar-refractivity contribution in [3.8, 4) is 17.2 Å². The second-order valence-corrected chi connectivity index (χ2v) is 5.13. The minimum atomic E-state index is -2.86. The van der Waals surface area contributed by atoms with E-state index in [1.807, 2.05) is 30.3 Å². The normalized spacial score (nSPS) is 11.8. The zero-order valence-electron chi connectivity index (χ0n) is 12.2. The molecule has 0 saturated carbocycles. The zero-order chi connectivity index (χ0) is 16.9. The van der Waals surface area contributed by atoms with Crippen LogP contribution in [0.25, 0.3) is 22.6 Å². The van der Waals surface area contributed by atoms with Gasteiger partial charge >= 0.3 is 6.61 Å². The van der Waals surface area contributed by atoms with Gasteiger partial charge in [0.1, 0.15) is 10.8 Å². The summed E-state index contributed by atoms with van der Waals surface area (Å²) in [5.41, 5.74) is 1.47. The minimum Gasteiger partial charge on any atom is -0.435 e. The molecule has 4 nitrogen and oxygen atoms in total. The summed E-state index contributed by atoms with van der Waals surface area (Å²) < 4.78 is 34.0. The van der Waals surface area contributed by atoms with Crippen LogP contribution < -0.4 is 4.74 Å². The van der Waals surface area contributed by atoms with Gasteiger partial charge in [-0.1, -0.05) is 41.9 Å². The maximum absolute atomic E-state index is 12.1. The Labute approximate surface area is 141 Å². The highest BCUT2D eigenvalue weighted by atomic mass is 35.5. The predicted octanol–water partition coefficient (Wildman–Crippen LogP) is 5.07. The molecular formula is C17H11ClF2N2O2. The van der Waals surface area contributed by atoms with Crippen molar-refractivity contribution in [3.05, 3.63) is 66.1 Å². The van der Waals surface area contributed by atoms with Crippen LogP contribution in [0, 0.1) is 0 Å². The molecule has 0 amide bonds. The molecule has 24 heavy (non-hydrogen) atoms. The standard InChI is InChI=1S/C17H11ClF2N2O2/c18-14(10-11-6-8-13(9-7-11)23-17(19)20)16-22-21-15(24-16)12-4-2-1-3-5-12/h1-10,17H/b14-10-. The quantitative estimate of drug-likeness (QED) is 0.645. The Bertz CT molecular complexity index is 833. The van der Waals surface area contributed by atoms with Crippen LogP contribution in [-0.4, -0.2) is 16.8 Å². The number of halogens is 3. The summed E-state index contributed by atoms with van der Waals surface area (Å²) in [4.78, 5) is 0. The summed E-state index contributed by atoms with van der Waals surface area (Å²) in [5.74, 6) is 0.601. The van der Waals surface area contributed by atoms with Gasteiger partial charge in [0.2, 0.25) is 5.89 Å². The molecular weight excluding hydrogens is 338 g/mol. The van der Waals surface area contributed by atoms with Crippen molar-refractivity contribution in [1.29, 1.82) is 0 Å². The Kier molecular flexibility index (Phi) is 4.86. The highest BCUT2D eigenvalue weighted by molar-refractivity contribution is 6.50. The number of aromatic nitrogens is 2. The second kappa shape index (κ2) is 7.23. The Morgan fingerprint density at radius 1 is 1.04 bits per heavy atom. The van der Waals surface area contributed by atoms with Crippen LogP contribution in [0.4, 0.5) is 8.78 Å². The van der Waals surface area contributed by atoms with Gasteiger partial charge in [-0.2, -0.15) is 8.78 Å². The third kappa shape index (κ3) is 3.97. The molecule has 0 spiro atoms. The fourth-order valence-electron chi connectivity index (χ4n) is 1.97. The van der Waals surface area contributed by atoms with Gasteiger partial charge in [0, 0.05) is 5.56 Å². The van der Waals surface area contributed by atoms with E-state index in [1.165, 1.54) is 12.1 Å². The molecule has 0 bridgehead atoms. The van der Waals surface area contributed by atoms with Crippen molar-refractivity contribution in [1.82, 2.24) is 10.2 Å². The summed E-state index contributed by atoms with van der Waals surface area (Å²) >= 11 is 6.18. The second-order valence-electron chi connectivity index (χ2n) is 4.72. The lowest BCUT2D eigenvalue weighted by atomic mass is 10.2. The van der Waals surface area contributed by atoms with Crippen LogP contribution in [0.5, 0.6) is 5.75 Å². The molecule has 0 aliphatic rings. The number of hydrogen-bond acceptors (Lipinski definition) is 4. The number of alkyl halides is 2. The predicted molar refractivity (Wildman–Crippen MR) is 86.5 cm³/mol. The molecule has 1 aromatic heterocycles. The number of ether oxygens (including phenoxy) is 1. The van der Waals surface area contributed by atoms with E-state index in [9.17, 15) is 8.78 Å². The monoisotopic (exact) mass is 348 g/mol. The third-order valence-electron chi connectivity index (χ3n) is 3.05. The summed E-state index contributed by atoms with van der Waals surface area (Å²) in [5, 5.41) is 8.10. The number of hydrogen-bond donors (Lipinski definition) is 0. The maximum Gasteiger partial charge on any atom is 0.387 e. The molecule has 0 aliphatic heterocycles. The van der Waals surface area contributed by atoms with Gasteiger partial charge in [-0.15, -0.1) is 10.2 Å². The molecule has 1 heterocycles. The first-order valence-electron chi connectivity index (χ1n) is 6.93. The van der Waals surface area contributed by atoms with E-state index in [0.29, 0.717) is 11.5 Å². The largest absolute Gasteiger partial charge is 0.435 e. The van der Waals surface area contributed by atoms with Crippen molar-refractivity contribution in [2.24, 2.45) is 0 Å². The molecule has 3 rings (SSSR count). The topological polar surface area (TPSA) is 48.2 Å². The molecule has 0 fully saturated rings. The third-order valence-corrected chi connectivity index (χ3v) is 3.32. The van der Waals surface area contributed by atoms with E-state index in [2.05, 4.69) is 14.9 Å². The number of nitrogens with zero attached hydrogens (tertiary/aromatic N) is 2. The highest BCUT2D eigenvalue weighted by Gasteiger charge is 2.11. The van der Waals surface area contributed by atoms with Crippen LogP contribution in [-0.2, 0) is 0 Å². The van der Waals surface area contributed by atoms with Gasteiger partial charge in [-0.05, 0) is 35.9 Å². The van der Waals surface area contributed by atoms with Gasteiger partial charge in [-0.3, -0.25) is 0 Å². The average Bonchev–Trinajstić information content (AvgIpc) is 3.07. The van der Waals surface area contributed by atoms with Crippen LogP contribution >= 0.6 is 11.6 Å². The van der Waals surface area contributed by atoms with E-state index in [1.54, 1.807) is 18.2 Å². The number of rotatable bonds is 5. The molecule has 0 N–H and O–H groups in total. The Hall–Kier alpha value is -2.73. The van der Waals surface area contributed by atoms with E-state index in [4.69, 9.17) is 16.0 Å². The van der Waals surface area contributed by atoms with Gasteiger partial charge in [0.15, 0.2) is 0 Å².